The molecule has 1 saturated carbocycles. The average Bonchev–Trinajstić information content (AvgIpc) is 2.38. The van der Waals surface area contributed by atoms with E-state index in [-0.39, 0.29) is 11.3 Å². The van der Waals surface area contributed by atoms with Crippen molar-refractivity contribution in [1.29, 1.82) is 0 Å². The number of primary amides is 1. The molecule has 1 aliphatic rings. The minimum absolute atomic E-state index is 0.116. The van der Waals surface area contributed by atoms with E-state index in [1.807, 2.05) is 12.1 Å². The van der Waals surface area contributed by atoms with Gasteiger partial charge in [-0.15, -0.1) is 0 Å². The van der Waals surface area contributed by atoms with Gasteiger partial charge in [0.15, 0.2) is 0 Å². The molecule has 0 aromatic heterocycles. The van der Waals surface area contributed by atoms with E-state index in [0.29, 0.717) is 18.7 Å². The van der Waals surface area contributed by atoms with E-state index in [4.69, 9.17) is 11.5 Å². The van der Waals surface area contributed by atoms with E-state index < -0.39 is 5.91 Å². The Labute approximate surface area is 118 Å². The minimum Gasteiger partial charge on any atom is -0.366 e. The van der Waals surface area contributed by atoms with Gasteiger partial charge >= 0.3 is 0 Å². The fraction of sp³-hybridized carbons (Fsp3) is 0.467. The van der Waals surface area contributed by atoms with Crippen molar-refractivity contribution in [2.24, 2.45) is 16.9 Å². The summed E-state index contributed by atoms with van der Waals surface area (Å²) in [6, 6.07) is 7.00. The van der Waals surface area contributed by atoms with Crippen molar-refractivity contribution in [1.82, 2.24) is 4.90 Å². The van der Waals surface area contributed by atoms with Crippen LogP contribution in [-0.2, 0) is 11.3 Å². The third-order valence-corrected chi connectivity index (χ3v) is 4.16. The van der Waals surface area contributed by atoms with Crippen LogP contribution in [0.3, 0.4) is 0 Å². The van der Waals surface area contributed by atoms with E-state index >= 15 is 0 Å². The maximum absolute atomic E-state index is 12.4. The molecule has 0 heterocycles. The summed E-state index contributed by atoms with van der Waals surface area (Å²) in [6.07, 6.45) is 2.84. The van der Waals surface area contributed by atoms with Crippen LogP contribution in [-0.4, -0.2) is 30.3 Å². The van der Waals surface area contributed by atoms with Crippen LogP contribution < -0.4 is 11.5 Å². The Hall–Kier alpha value is -1.88. The summed E-state index contributed by atoms with van der Waals surface area (Å²) in [7, 11) is 1.79. The van der Waals surface area contributed by atoms with Crippen molar-refractivity contribution in [2.45, 2.75) is 25.8 Å². The lowest BCUT2D eigenvalue weighted by atomic mass is 9.68. The van der Waals surface area contributed by atoms with Crippen molar-refractivity contribution >= 4 is 11.8 Å². The summed E-state index contributed by atoms with van der Waals surface area (Å²) in [5, 5.41) is 0. The molecule has 0 spiro atoms. The van der Waals surface area contributed by atoms with Crippen LogP contribution in [0.2, 0.25) is 0 Å². The molecular weight excluding hydrogens is 254 g/mol. The first-order valence-corrected chi connectivity index (χ1v) is 6.83. The Morgan fingerprint density at radius 3 is 2.25 bits per heavy atom. The number of nitrogens with two attached hydrogens (primary N) is 2. The van der Waals surface area contributed by atoms with E-state index in [1.54, 1.807) is 24.1 Å². The van der Waals surface area contributed by atoms with Gasteiger partial charge in [0.25, 0.3) is 0 Å². The maximum atomic E-state index is 12.4. The third kappa shape index (κ3) is 2.67. The zero-order chi connectivity index (χ0) is 14.8. The highest BCUT2D eigenvalue weighted by Gasteiger charge is 2.44. The van der Waals surface area contributed by atoms with Crippen molar-refractivity contribution in [3.63, 3.8) is 0 Å². The molecule has 1 aromatic rings. The summed E-state index contributed by atoms with van der Waals surface area (Å²) < 4.78 is 0. The van der Waals surface area contributed by atoms with Crippen LogP contribution in [0.5, 0.6) is 0 Å². The number of hydrogen-bond donors (Lipinski definition) is 2. The molecule has 1 aromatic carbocycles. The molecule has 4 N–H and O–H groups in total. The average molecular weight is 275 g/mol. The highest BCUT2D eigenvalue weighted by atomic mass is 16.2. The lowest BCUT2D eigenvalue weighted by molar-refractivity contribution is -0.145. The molecule has 0 saturated heterocycles. The van der Waals surface area contributed by atoms with E-state index in [2.05, 4.69) is 0 Å². The minimum atomic E-state index is -0.447. The quantitative estimate of drug-likeness (QED) is 0.835. The van der Waals surface area contributed by atoms with Crippen LogP contribution >= 0.6 is 0 Å². The first-order chi connectivity index (χ1) is 9.48. The van der Waals surface area contributed by atoms with Gasteiger partial charge in [0.05, 0.1) is 5.41 Å². The Morgan fingerprint density at radius 2 is 1.85 bits per heavy atom. The number of carbonyl (C=O) groups is 2. The van der Waals surface area contributed by atoms with Crippen molar-refractivity contribution in [3.8, 4) is 0 Å². The van der Waals surface area contributed by atoms with Crippen molar-refractivity contribution in [2.75, 3.05) is 13.6 Å². The monoisotopic (exact) mass is 275 g/mol. The molecule has 0 radical (unpaired) electrons. The third-order valence-electron chi connectivity index (χ3n) is 4.16. The summed E-state index contributed by atoms with van der Waals surface area (Å²) in [5.41, 5.74) is 12.0. The Morgan fingerprint density at radius 1 is 1.25 bits per heavy atom. The maximum Gasteiger partial charge on any atom is 0.248 e. The van der Waals surface area contributed by atoms with Gasteiger partial charge in [-0.3, -0.25) is 9.59 Å². The van der Waals surface area contributed by atoms with Crippen LogP contribution in [0.15, 0.2) is 24.3 Å². The second-order valence-electron chi connectivity index (χ2n) is 5.56. The molecule has 0 atom stereocenters. The lowest BCUT2D eigenvalue weighted by Crippen LogP contribution is -2.50. The number of rotatable bonds is 5. The second-order valence-corrected chi connectivity index (χ2v) is 5.56. The molecule has 0 bridgehead atoms. The molecule has 20 heavy (non-hydrogen) atoms. The predicted octanol–water partition coefficient (Wildman–Crippen LogP) is 0.873. The summed E-state index contributed by atoms with van der Waals surface area (Å²) in [6.45, 7) is 0.927. The molecule has 5 heteroatoms. The van der Waals surface area contributed by atoms with Gasteiger partial charge in [0, 0.05) is 25.7 Å². The molecule has 1 aliphatic carbocycles. The van der Waals surface area contributed by atoms with Gasteiger partial charge in [-0.2, -0.15) is 0 Å². The van der Waals surface area contributed by atoms with Crippen LogP contribution in [0.4, 0.5) is 0 Å². The molecule has 5 nitrogen and oxygen atoms in total. The SMILES string of the molecule is CN(Cc1ccc(C(N)=O)cc1)C(=O)C1(CN)CCC1. The van der Waals surface area contributed by atoms with Crippen LogP contribution in [0.25, 0.3) is 0 Å². The van der Waals surface area contributed by atoms with Gasteiger partial charge in [-0.25, -0.2) is 0 Å². The zero-order valence-corrected chi connectivity index (χ0v) is 11.8. The van der Waals surface area contributed by atoms with Gasteiger partial charge in [0.2, 0.25) is 11.8 Å². The first-order valence-electron chi connectivity index (χ1n) is 6.83. The molecule has 108 valence electrons. The van der Waals surface area contributed by atoms with Crippen LogP contribution in [0.1, 0.15) is 35.2 Å². The van der Waals surface area contributed by atoms with E-state index in [1.165, 1.54) is 0 Å². The zero-order valence-electron chi connectivity index (χ0n) is 11.8. The topological polar surface area (TPSA) is 89.4 Å². The number of nitrogens with zero attached hydrogens (tertiary/aromatic N) is 1. The largest absolute Gasteiger partial charge is 0.366 e. The number of amides is 2. The summed E-state index contributed by atoms with van der Waals surface area (Å²) >= 11 is 0. The lowest BCUT2D eigenvalue weighted by Gasteiger charge is -2.41. The molecule has 0 aliphatic heterocycles. The van der Waals surface area contributed by atoms with E-state index in [0.717, 1.165) is 24.8 Å². The normalized spacial score (nSPS) is 16.3. The van der Waals surface area contributed by atoms with Gasteiger partial charge in [-0.05, 0) is 30.5 Å². The van der Waals surface area contributed by atoms with Crippen molar-refractivity contribution in [3.05, 3.63) is 35.4 Å². The fourth-order valence-electron chi connectivity index (χ4n) is 2.63. The van der Waals surface area contributed by atoms with Crippen LogP contribution in [0, 0.1) is 5.41 Å². The highest BCUT2D eigenvalue weighted by Crippen LogP contribution is 2.41. The fourth-order valence-corrected chi connectivity index (χ4v) is 2.63. The second kappa shape index (κ2) is 5.63. The number of benzene rings is 1. The number of hydrogen-bond acceptors (Lipinski definition) is 3. The Bertz CT molecular complexity index is 501. The molecular formula is C15H21N3O2. The molecule has 2 rings (SSSR count). The highest BCUT2D eigenvalue weighted by molar-refractivity contribution is 5.92. The summed E-state index contributed by atoms with van der Waals surface area (Å²) in [5.74, 6) is -0.331. The van der Waals surface area contributed by atoms with Gasteiger partial charge < -0.3 is 16.4 Å². The Balaban J connectivity index is 2.02. The first kappa shape index (κ1) is 14.5. The van der Waals surface area contributed by atoms with Crippen molar-refractivity contribution < 1.29 is 9.59 Å². The number of carbonyl (C=O) groups excluding carboxylic acids is 2. The smallest absolute Gasteiger partial charge is 0.248 e. The Kier molecular flexibility index (Phi) is 4.09. The molecule has 1 fully saturated rings. The van der Waals surface area contributed by atoms with Gasteiger partial charge in [0.1, 0.15) is 0 Å². The standard InChI is InChI=1S/C15H21N3O2/c1-18(14(20)15(10-16)7-2-8-15)9-11-3-5-12(6-4-11)13(17)19/h3-6H,2,7-10,16H2,1H3,(H2,17,19). The predicted molar refractivity (Wildman–Crippen MR) is 76.8 cm³/mol. The molecule has 0 unspecified atom stereocenters. The van der Waals surface area contributed by atoms with E-state index in [9.17, 15) is 9.59 Å². The summed E-state index contributed by atoms with van der Waals surface area (Å²) in [4.78, 5) is 25.1. The molecule has 2 amide bonds. The van der Waals surface area contributed by atoms with Gasteiger partial charge in [-0.1, -0.05) is 18.6 Å².